The highest BCUT2D eigenvalue weighted by Crippen LogP contribution is 2.19. The normalized spacial score (nSPS) is 20.7. The minimum atomic E-state index is -0.124. The van der Waals surface area contributed by atoms with Crippen LogP contribution in [0.2, 0.25) is 0 Å². The number of carbonyl (C=O) groups excluding carboxylic acids is 1. The minimum absolute atomic E-state index is 0.105. The van der Waals surface area contributed by atoms with Crippen LogP contribution in [0.5, 0.6) is 0 Å². The first-order chi connectivity index (χ1) is 8.33. The molecule has 1 atom stereocenters. The molecule has 0 bridgehead atoms. The predicted molar refractivity (Wildman–Crippen MR) is 73.5 cm³/mol. The molecule has 0 aromatic rings. The monoisotopic (exact) mass is 256 g/mol. The molecule has 0 radical (unpaired) electrons. The molecule has 0 saturated carbocycles. The number of esters is 1. The van der Waals surface area contributed by atoms with E-state index in [9.17, 15) is 4.79 Å². The maximum absolute atomic E-state index is 11.5. The van der Waals surface area contributed by atoms with Crippen molar-refractivity contribution in [1.29, 1.82) is 0 Å². The lowest BCUT2D eigenvalue weighted by atomic mass is 9.94. The zero-order chi connectivity index (χ0) is 13.8. The van der Waals surface area contributed by atoms with E-state index in [-0.39, 0.29) is 17.6 Å². The van der Waals surface area contributed by atoms with E-state index >= 15 is 0 Å². The Labute approximate surface area is 111 Å². The van der Waals surface area contributed by atoms with Gasteiger partial charge in [-0.15, -0.1) is 0 Å². The smallest absolute Gasteiger partial charge is 0.322 e. The van der Waals surface area contributed by atoms with Crippen LogP contribution in [0.25, 0.3) is 0 Å². The third-order valence-electron chi connectivity index (χ3n) is 3.66. The number of methoxy groups -OCH3 is 1. The van der Waals surface area contributed by atoms with E-state index in [1.807, 2.05) is 6.92 Å². The van der Waals surface area contributed by atoms with Crippen molar-refractivity contribution in [2.75, 3.05) is 26.7 Å². The summed E-state index contributed by atoms with van der Waals surface area (Å²) in [6, 6.07) is -0.105. The second-order valence-corrected chi connectivity index (χ2v) is 6.31. The lowest BCUT2D eigenvalue weighted by Gasteiger charge is -2.35. The van der Waals surface area contributed by atoms with Crippen molar-refractivity contribution in [2.45, 2.75) is 52.1 Å². The van der Waals surface area contributed by atoms with Gasteiger partial charge in [0.15, 0.2) is 0 Å². The summed E-state index contributed by atoms with van der Waals surface area (Å²) in [7, 11) is 1.46. The first-order valence-electron chi connectivity index (χ1n) is 6.90. The van der Waals surface area contributed by atoms with Gasteiger partial charge in [0, 0.05) is 5.54 Å². The van der Waals surface area contributed by atoms with Gasteiger partial charge >= 0.3 is 5.97 Å². The average molecular weight is 256 g/mol. The zero-order valence-electron chi connectivity index (χ0n) is 12.5. The molecule has 1 aliphatic heterocycles. The molecule has 4 heteroatoms. The molecule has 106 valence electrons. The van der Waals surface area contributed by atoms with Crippen LogP contribution in [0, 0.1) is 5.92 Å². The summed E-state index contributed by atoms with van der Waals surface area (Å²) in [6.07, 6.45) is 2.31. The molecule has 0 spiro atoms. The van der Waals surface area contributed by atoms with Crippen molar-refractivity contribution in [3.63, 3.8) is 0 Å². The maximum atomic E-state index is 11.5. The molecule has 0 amide bonds. The van der Waals surface area contributed by atoms with E-state index in [2.05, 4.69) is 31.0 Å². The van der Waals surface area contributed by atoms with Gasteiger partial charge in [-0.1, -0.05) is 0 Å². The second-order valence-electron chi connectivity index (χ2n) is 6.31. The highest BCUT2D eigenvalue weighted by Gasteiger charge is 2.27. The standard InChI is InChI=1S/C14H28N2O2/c1-11(13(17)18-5)16-8-6-12(7-9-16)10-15-14(2,3)4/h11-12,15H,6-10H2,1-5H3. The lowest BCUT2D eigenvalue weighted by molar-refractivity contribution is -0.146. The number of piperidine rings is 1. The number of nitrogens with zero attached hydrogens (tertiary/aromatic N) is 1. The van der Waals surface area contributed by atoms with Gasteiger partial charge in [0.2, 0.25) is 0 Å². The Morgan fingerprint density at radius 3 is 2.39 bits per heavy atom. The average Bonchev–Trinajstić information content (AvgIpc) is 2.34. The summed E-state index contributed by atoms with van der Waals surface area (Å²) in [4.78, 5) is 13.7. The third kappa shape index (κ3) is 4.94. The Balaban J connectivity index is 2.30. The van der Waals surface area contributed by atoms with Crippen LogP contribution in [-0.2, 0) is 9.53 Å². The first-order valence-corrected chi connectivity index (χ1v) is 6.90. The predicted octanol–water partition coefficient (Wildman–Crippen LogP) is 1.65. The fourth-order valence-corrected chi connectivity index (χ4v) is 2.31. The van der Waals surface area contributed by atoms with Crippen molar-refractivity contribution in [3.8, 4) is 0 Å². The number of likely N-dealkylation sites (tertiary alicyclic amines) is 1. The van der Waals surface area contributed by atoms with Crippen LogP contribution in [-0.4, -0.2) is 49.2 Å². The molecule has 1 fully saturated rings. The van der Waals surface area contributed by atoms with Crippen LogP contribution in [0.3, 0.4) is 0 Å². The number of rotatable bonds is 4. The van der Waals surface area contributed by atoms with Crippen LogP contribution in [0.1, 0.15) is 40.5 Å². The Morgan fingerprint density at radius 1 is 1.39 bits per heavy atom. The number of carbonyl (C=O) groups is 1. The molecule has 0 aliphatic carbocycles. The third-order valence-corrected chi connectivity index (χ3v) is 3.66. The van der Waals surface area contributed by atoms with Crippen LogP contribution < -0.4 is 5.32 Å². The fraction of sp³-hybridized carbons (Fsp3) is 0.929. The second kappa shape index (κ2) is 6.53. The SMILES string of the molecule is COC(=O)C(C)N1CCC(CNC(C)(C)C)CC1. The van der Waals surface area contributed by atoms with Gasteiger partial charge in [0.1, 0.15) is 6.04 Å². The van der Waals surface area contributed by atoms with Gasteiger partial charge in [0.05, 0.1) is 7.11 Å². The van der Waals surface area contributed by atoms with Crippen molar-refractivity contribution in [2.24, 2.45) is 5.92 Å². The number of nitrogens with one attached hydrogen (secondary N) is 1. The topological polar surface area (TPSA) is 41.6 Å². The van der Waals surface area contributed by atoms with Gasteiger partial charge in [0.25, 0.3) is 0 Å². The van der Waals surface area contributed by atoms with Gasteiger partial charge < -0.3 is 10.1 Å². The molecule has 1 rings (SSSR count). The highest BCUT2D eigenvalue weighted by molar-refractivity contribution is 5.75. The Hall–Kier alpha value is -0.610. The van der Waals surface area contributed by atoms with Crippen molar-refractivity contribution >= 4 is 5.97 Å². The quantitative estimate of drug-likeness (QED) is 0.777. The Bertz CT molecular complexity index is 265. The molecule has 1 N–H and O–H groups in total. The van der Waals surface area contributed by atoms with Crippen LogP contribution >= 0.6 is 0 Å². The van der Waals surface area contributed by atoms with E-state index < -0.39 is 0 Å². The Morgan fingerprint density at radius 2 is 1.94 bits per heavy atom. The van der Waals surface area contributed by atoms with E-state index in [1.165, 1.54) is 7.11 Å². The number of ether oxygens (including phenoxy) is 1. The van der Waals surface area contributed by atoms with Gasteiger partial charge in [-0.2, -0.15) is 0 Å². The lowest BCUT2D eigenvalue weighted by Crippen LogP contribution is -2.47. The molecule has 1 heterocycles. The fourth-order valence-electron chi connectivity index (χ4n) is 2.31. The van der Waals surface area contributed by atoms with Crippen molar-refractivity contribution in [3.05, 3.63) is 0 Å². The van der Waals surface area contributed by atoms with Crippen LogP contribution in [0.15, 0.2) is 0 Å². The van der Waals surface area contributed by atoms with Crippen molar-refractivity contribution in [1.82, 2.24) is 10.2 Å². The van der Waals surface area contributed by atoms with Gasteiger partial charge in [-0.25, -0.2) is 0 Å². The number of hydrogen-bond donors (Lipinski definition) is 1. The highest BCUT2D eigenvalue weighted by atomic mass is 16.5. The van der Waals surface area contributed by atoms with Gasteiger partial charge in [-0.3, -0.25) is 9.69 Å². The molecular formula is C14H28N2O2. The molecular weight excluding hydrogens is 228 g/mol. The molecule has 4 nitrogen and oxygen atoms in total. The van der Waals surface area contributed by atoms with E-state index in [0.717, 1.165) is 38.4 Å². The summed E-state index contributed by atoms with van der Waals surface area (Å²) in [5.41, 5.74) is 0.191. The summed E-state index contributed by atoms with van der Waals surface area (Å²) < 4.78 is 4.79. The largest absolute Gasteiger partial charge is 0.468 e. The minimum Gasteiger partial charge on any atom is -0.468 e. The molecule has 0 aromatic heterocycles. The van der Waals surface area contributed by atoms with E-state index in [0.29, 0.717) is 0 Å². The van der Waals surface area contributed by atoms with E-state index in [4.69, 9.17) is 4.74 Å². The van der Waals surface area contributed by atoms with Crippen molar-refractivity contribution < 1.29 is 9.53 Å². The summed E-state index contributed by atoms with van der Waals surface area (Å²) in [5.74, 6) is 0.603. The van der Waals surface area contributed by atoms with E-state index in [1.54, 1.807) is 0 Å². The number of hydrogen-bond acceptors (Lipinski definition) is 4. The zero-order valence-corrected chi connectivity index (χ0v) is 12.5. The first kappa shape index (κ1) is 15.4. The summed E-state index contributed by atoms with van der Waals surface area (Å²) >= 11 is 0. The summed E-state index contributed by atoms with van der Waals surface area (Å²) in [6.45, 7) is 11.6. The van der Waals surface area contributed by atoms with Gasteiger partial charge in [-0.05, 0) is 66.1 Å². The molecule has 1 unspecified atom stereocenters. The molecule has 18 heavy (non-hydrogen) atoms. The molecule has 1 saturated heterocycles. The molecule has 1 aliphatic rings. The maximum Gasteiger partial charge on any atom is 0.322 e. The Kier molecular flexibility index (Phi) is 5.60. The van der Waals surface area contributed by atoms with Crippen LogP contribution in [0.4, 0.5) is 0 Å². The molecule has 0 aromatic carbocycles. The summed E-state index contributed by atoms with van der Waals surface area (Å²) in [5, 5.41) is 3.56.